The number of aliphatic hydroxyl groups is 1. The zero-order valence-electron chi connectivity index (χ0n) is 13.3. The van der Waals surface area contributed by atoms with E-state index in [2.05, 4.69) is 20.2 Å². The van der Waals surface area contributed by atoms with Gasteiger partial charge < -0.3 is 10.0 Å². The lowest BCUT2D eigenvalue weighted by Gasteiger charge is -2.24. The normalized spacial score (nSPS) is 18.0. The first kappa shape index (κ1) is 16.4. The maximum Gasteiger partial charge on any atom is 0.185 e. The molecule has 1 aromatic heterocycles. The molecule has 1 aromatic carbocycles. The quantitative estimate of drug-likeness (QED) is 0.933. The minimum absolute atomic E-state index is 0.273. The van der Waals surface area contributed by atoms with E-state index in [4.69, 9.17) is 0 Å². The predicted octanol–water partition coefficient (Wildman–Crippen LogP) is 2.84. The number of rotatable bonds is 4. The van der Waals surface area contributed by atoms with Crippen molar-refractivity contribution in [2.45, 2.75) is 19.4 Å². The number of aliphatic hydroxyl groups excluding tert-OH is 1. The highest BCUT2D eigenvalue weighted by atomic mass is 32.1. The fourth-order valence-corrected chi connectivity index (χ4v) is 3.72. The van der Waals surface area contributed by atoms with Gasteiger partial charge in [0.25, 0.3) is 0 Å². The molecule has 3 rings (SSSR count). The van der Waals surface area contributed by atoms with Crippen LogP contribution in [0.5, 0.6) is 0 Å². The van der Waals surface area contributed by atoms with E-state index in [0.717, 1.165) is 49.0 Å². The van der Waals surface area contributed by atoms with Crippen molar-refractivity contribution < 1.29 is 9.50 Å². The van der Waals surface area contributed by atoms with Crippen LogP contribution < -0.4 is 4.90 Å². The highest BCUT2D eigenvalue weighted by molar-refractivity contribution is 7.13. The molecule has 0 saturated carbocycles. The number of β-amino-alcohol motifs (C(OH)–C–C–N with tert-alkyl or cyclic N) is 1. The highest BCUT2D eigenvalue weighted by Crippen LogP contribution is 2.22. The number of nitrogens with zero attached hydrogens (tertiary/aromatic N) is 3. The molecule has 23 heavy (non-hydrogen) atoms. The van der Waals surface area contributed by atoms with Crippen LogP contribution in [0.2, 0.25) is 0 Å². The lowest BCUT2D eigenvalue weighted by molar-refractivity contribution is 0.117. The first-order chi connectivity index (χ1) is 11.1. The zero-order chi connectivity index (χ0) is 16.2. The minimum Gasteiger partial charge on any atom is -0.387 e. The molecule has 1 unspecified atom stereocenters. The van der Waals surface area contributed by atoms with Gasteiger partial charge >= 0.3 is 0 Å². The van der Waals surface area contributed by atoms with Crippen LogP contribution in [-0.2, 0) is 0 Å². The number of aryl methyl sites for hydroxylation is 1. The number of halogens is 1. The van der Waals surface area contributed by atoms with E-state index in [0.29, 0.717) is 6.54 Å². The molecule has 1 N–H and O–H groups in total. The lowest BCUT2D eigenvalue weighted by atomic mass is 10.1. The molecule has 124 valence electrons. The van der Waals surface area contributed by atoms with Gasteiger partial charge in [-0.25, -0.2) is 9.37 Å². The van der Waals surface area contributed by atoms with Gasteiger partial charge in [-0.15, -0.1) is 11.3 Å². The third kappa shape index (κ3) is 4.28. The Morgan fingerprint density at radius 2 is 2.00 bits per heavy atom. The first-order valence-electron chi connectivity index (χ1n) is 7.95. The molecule has 2 aromatic rings. The lowest BCUT2D eigenvalue weighted by Crippen LogP contribution is -2.33. The standard InChI is InChI=1S/C17H22FN3OS/c1-13-12-23-17(19-13)21-8-2-7-20(9-10-21)11-16(22)14-3-5-15(18)6-4-14/h3-6,12,16,22H,2,7-11H2,1H3. The van der Waals surface area contributed by atoms with Crippen molar-refractivity contribution in [2.75, 3.05) is 37.6 Å². The molecular formula is C17H22FN3OS. The first-order valence-corrected chi connectivity index (χ1v) is 8.83. The summed E-state index contributed by atoms with van der Waals surface area (Å²) in [5.74, 6) is -0.273. The van der Waals surface area contributed by atoms with Crippen LogP contribution in [-0.4, -0.2) is 47.7 Å². The topological polar surface area (TPSA) is 39.6 Å². The maximum absolute atomic E-state index is 13.0. The Morgan fingerprint density at radius 3 is 2.70 bits per heavy atom. The van der Waals surface area contributed by atoms with E-state index in [1.807, 2.05) is 6.92 Å². The summed E-state index contributed by atoms with van der Waals surface area (Å²) in [6.45, 7) is 6.37. The summed E-state index contributed by atoms with van der Waals surface area (Å²) in [5, 5.41) is 13.5. The van der Waals surface area contributed by atoms with Gasteiger partial charge in [-0.2, -0.15) is 0 Å². The van der Waals surface area contributed by atoms with Crippen LogP contribution in [0.4, 0.5) is 9.52 Å². The van der Waals surface area contributed by atoms with Crippen molar-refractivity contribution in [3.05, 3.63) is 46.7 Å². The maximum atomic E-state index is 13.0. The van der Waals surface area contributed by atoms with Crippen molar-refractivity contribution >= 4 is 16.5 Å². The van der Waals surface area contributed by atoms with Crippen molar-refractivity contribution in [3.63, 3.8) is 0 Å². The third-order valence-electron chi connectivity index (χ3n) is 4.15. The second-order valence-electron chi connectivity index (χ2n) is 5.98. The summed E-state index contributed by atoms with van der Waals surface area (Å²) in [4.78, 5) is 9.15. The molecule has 6 heteroatoms. The van der Waals surface area contributed by atoms with E-state index in [1.54, 1.807) is 23.5 Å². The number of thiazole rings is 1. The van der Waals surface area contributed by atoms with Crippen molar-refractivity contribution in [2.24, 2.45) is 0 Å². The van der Waals surface area contributed by atoms with E-state index < -0.39 is 6.10 Å². The van der Waals surface area contributed by atoms with E-state index in [9.17, 15) is 9.50 Å². The van der Waals surface area contributed by atoms with Crippen LogP contribution in [0.25, 0.3) is 0 Å². The largest absolute Gasteiger partial charge is 0.387 e. The Labute approximate surface area is 140 Å². The Kier molecular flexibility index (Phi) is 5.25. The summed E-state index contributed by atoms with van der Waals surface area (Å²) in [6.07, 6.45) is 0.471. The second-order valence-corrected chi connectivity index (χ2v) is 6.82. The molecule has 0 spiro atoms. The van der Waals surface area contributed by atoms with Crippen LogP contribution in [0, 0.1) is 12.7 Å². The van der Waals surface area contributed by atoms with Crippen LogP contribution in [0.3, 0.4) is 0 Å². The second kappa shape index (κ2) is 7.38. The molecule has 0 amide bonds. The van der Waals surface area contributed by atoms with Crippen LogP contribution in [0.15, 0.2) is 29.6 Å². The Hall–Kier alpha value is -1.50. The molecular weight excluding hydrogens is 313 g/mol. The molecule has 1 aliphatic rings. The molecule has 2 heterocycles. The summed E-state index contributed by atoms with van der Waals surface area (Å²) < 4.78 is 13.0. The summed E-state index contributed by atoms with van der Waals surface area (Å²) >= 11 is 1.69. The number of anilines is 1. The van der Waals surface area contributed by atoms with E-state index >= 15 is 0 Å². The molecule has 1 atom stereocenters. The molecule has 1 saturated heterocycles. The highest BCUT2D eigenvalue weighted by Gasteiger charge is 2.19. The average molecular weight is 335 g/mol. The minimum atomic E-state index is -0.579. The van der Waals surface area contributed by atoms with Gasteiger partial charge in [0.1, 0.15) is 5.82 Å². The smallest absolute Gasteiger partial charge is 0.185 e. The van der Waals surface area contributed by atoms with Gasteiger partial charge in [-0.05, 0) is 31.0 Å². The van der Waals surface area contributed by atoms with Gasteiger partial charge in [0.15, 0.2) is 5.13 Å². The zero-order valence-corrected chi connectivity index (χ0v) is 14.1. The van der Waals surface area contributed by atoms with Gasteiger partial charge in [0.05, 0.1) is 11.8 Å². The Balaban J connectivity index is 1.56. The van der Waals surface area contributed by atoms with Crippen molar-refractivity contribution in [1.82, 2.24) is 9.88 Å². The molecule has 0 bridgehead atoms. The molecule has 0 radical (unpaired) electrons. The predicted molar refractivity (Wildman–Crippen MR) is 91.5 cm³/mol. The summed E-state index contributed by atoms with van der Waals surface area (Å²) in [5.41, 5.74) is 1.83. The van der Waals surface area contributed by atoms with Gasteiger partial charge in [-0.3, -0.25) is 4.90 Å². The van der Waals surface area contributed by atoms with Crippen molar-refractivity contribution in [1.29, 1.82) is 0 Å². The van der Waals surface area contributed by atoms with Crippen molar-refractivity contribution in [3.8, 4) is 0 Å². The van der Waals surface area contributed by atoms with E-state index in [1.165, 1.54) is 12.1 Å². The van der Waals surface area contributed by atoms with Crippen LogP contribution >= 0.6 is 11.3 Å². The molecule has 4 nitrogen and oxygen atoms in total. The number of aromatic nitrogens is 1. The van der Waals surface area contributed by atoms with Gasteiger partial charge in [-0.1, -0.05) is 12.1 Å². The SMILES string of the molecule is Cc1csc(N2CCCN(CC(O)c3ccc(F)cc3)CC2)n1. The number of benzene rings is 1. The average Bonchev–Trinajstić information content (AvgIpc) is 2.83. The van der Waals surface area contributed by atoms with Crippen LogP contribution in [0.1, 0.15) is 23.8 Å². The number of hydrogen-bond donors (Lipinski definition) is 1. The molecule has 1 fully saturated rings. The molecule has 0 aliphatic carbocycles. The van der Waals surface area contributed by atoms with Gasteiger partial charge in [0.2, 0.25) is 0 Å². The van der Waals surface area contributed by atoms with E-state index in [-0.39, 0.29) is 5.82 Å². The van der Waals surface area contributed by atoms with Gasteiger partial charge in [0, 0.05) is 38.1 Å². The summed E-state index contributed by atoms with van der Waals surface area (Å²) in [6, 6.07) is 6.10. The molecule has 1 aliphatic heterocycles. The third-order valence-corrected chi connectivity index (χ3v) is 5.17. The Morgan fingerprint density at radius 1 is 1.22 bits per heavy atom. The Bertz CT molecular complexity index is 631. The fourth-order valence-electron chi connectivity index (χ4n) is 2.87. The monoisotopic (exact) mass is 335 g/mol. The summed E-state index contributed by atoms with van der Waals surface area (Å²) in [7, 11) is 0. The number of hydrogen-bond acceptors (Lipinski definition) is 5. The fraction of sp³-hybridized carbons (Fsp3) is 0.471.